The third-order valence-electron chi connectivity index (χ3n) is 3.75. The molecule has 2 saturated heterocycles. The van der Waals surface area contributed by atoms with E-state index in [9.17, 15) is 30.0 Å². The summed E-state index contributed by atoms with van der Waals surface area (Å²) in [6.07, 6.45) is -0.331. The maximum absolute atomic E-state index is 11.4. The molecule has 0 aliphatic carbocycles. The van der Waals surface area contributed by atoms with Crippen molar-refractivity contribution < 1.29 is 39.5 Å². The first kappa shape index (κ1) is 14.9. The lowest BCUT2D eigenvalue weighted by atomic mass is 9.89. The van der Waals surface area contributed by atoms with Crippen molar-refractivity contribution in [2.75, 3.05) is 13.2 Å². The van der Waals surface area contributed by atoms with E-state index in [-0.39, 0.29) is 48.3 Å². The fraction of sp³-hybridized carbons (Fsp3) is 0.429. The van der Waals surface area contributed by atoms with Crippen LogP contribution in [-0.2, 0) is 22.3 Å². The van der Waals surface area contributed by atoms with Crippen LogP contribution in [0.25, 0.3) is 0 Å². The fourth-order valence-electron chi connectivity index (χ4n) is 2.42. The van der Waals surface area contributed by atoms with Gasteiger partial charge in [0.1, 0.15) is 13.2 Å². The van der Waals surface area contributed by atoms with E-state index in [0.29, 0.717) is 0 Å². The van der Waals surface area contributed by atoms with Gasteiger partial charge in [0.15, 0.2) is 11.6 Å². The molecule has 3 rings (SSSR count). The highest BCUT2D eigenvalue weighted by atomic mass is 16.7. The highest BCUT2D eigenvalue weighted by molar-refractivity contribution is 5.95. The molecule has 8 nitrogen and oxygen atoms in total. The van der Waals surface area contributed by atoms with Gasteiger partial charge in [-0.1, -0.05) is 0 Å². The van der Waals surface area contributed by atoms with Crippen molar-refractivity contribution >= 4 is 11.9 Å². The number of hydrogen-bond donors (Lipinski definition) is 4. The van der Waals surface area contributed by atoms with Crippen molar-refractivity contribution in [3.63, 3.8) is 0 Å². The monoisotopic (exact) mass is 310 g/mol. The predicted molar refractivity (Wildman–Crippen MR) is 69.6 cm³/mol. The van der Waals surface area contributed by atoms with Crippen LogP contribution in [0.4, 0.5) is 0 Å². The lowest BCUT2D eigenvalue weighted by molar-refractivity contribution is 0.0307. The average Bonchev–Trinajstić information content (AvgIpc) is 3.32. The first-order valence-corrected chi connectivity index (χ1v) is 6.57. The second kappa shape index (κ2) is 4.75. The van der Waals surface area contributed by atoms with Gasteiger partial charge >= 0.3 is 11.9 Å². The van der Waals surface area contributed by atoms with Crippen LogP contribution < -0.4 is 0 Å². The number of hydrogen-bond acceptors (Lipinski definition) is 6. The van der Waals surface area contributed by atoms with E-state index >= 15 is 0 Å². The summed E-state index contributed by atoms with van der Waals surface area (Å²) in [7, 11) is 0. The van der Waals surface area contributed by atoms with Gasteiger partial charge in [-0.05, 0) is 23.3 Å². The highest BCUT2D eigenvalue weighted by Crippen LogP contribution is 2.36. The molecule has 0 amide bonds. The first-order valence-electron chi connectivity index (χ1n) is 6.57. The molecule has 2 aliphatic heterocycles. The van der Waals surface area contributed by atoms with Gasteiger partial charge in [-0.25, -0.2) is 9.59 Å². The Hall–Kier alpha value is -2.00. The Morgan fingerprint density at radius 2 is 1.23 bits per heavy atom. The van der Waals surface area contributed by atoms with Crippen molar-refractivity contribution in [1.29, 1.82) is 0 Å². The van der Waals surface area contributed by atoms with Gasteiger partial charge in [0.25, 0.3) is 0 Å². The standard InChI is InChI=1S/C14H14O8/c15-11(16)7-1-2-8(12(17)18)10(4-14(20)6-22-14)9(7)3-13(19)5-21-13/h1-2,19-20H,3-6H2,(H,15,16)(H,17,18). The molecule has 8 heteroatoms. The lowest BCUT2D eigenvalue weighted by Crippen LogP contribution is -2.23. The molecule has 0 radical (unpaired) electrons. The van der Waals surface area contributed by atoms with E-state index < -0.39 is 23.5 Å². The molecular formula is C14H14O8. The molecule has 22 heavy (non-hydrogen) atoms. The van der Waals surface area contributed by atoms with Crippen LogP contribution in [0.2, 0.25) is 0 Å². The van der Waals surface area contributed by atoms with Gasteiger partial charge in [0.2, 0.25) is 0 Å². The molecule has 2 aliphatic rings. The Morgan fingerprint density at radius 3 is 1.45 bits per heavy atom. The van der Waals surface area contributed by atoms with Crippen LogP contribution >= 0.6 is 0 Å². The number of carboxylic acids is 2. The largest absolute Gasteiger partial charge is 0.478 e. The number of aliphatic hydroxyl groups is 2. The maximum atomic E-state index is 11.4. The second-order valence-electron chi connectivity index (χ2n) is 5.55. The lowest BCUT2D eigenvalue weighted by Gasteiger charge is -2.17. The van der Waals surface area contributed by atoms with Gasteiger partial charge in [-0.3, -0.25) is 0 Å². The quantitative estimate of drug-likeness (QED) is 0.521. The molecule has 0 aromatic heterocycles. The number of ether oxygens (including phenoxy) is 2. The van der Waals surface area contributed by atoms with E-state index in [0.717, 1.165) is 0 Å². The average molecular weight is 310 g/mol. The summed E-state index contributed by atoms with van der Waals surface area (Å²) >= 11 is 0. The van der Waals surface area contributed by atoms with Crippen LogP contribution in [0.5, 0.6) is 0 Å². The third kappa shape index (κ3) is 2.81. The van der Waals surface area contributed by atoms with E-state index in [1.165, 1.54) is 12.1 Å². The van der Waals surface area contributed by atoms with Crippen molar-refractivity contribution in [2.24, 2.45) is 0 Å². The number of carbonyl (C=O) groups is 2. The minimum Gasteiger partial charge on any atom is -0.478 e. The highest BCUT2D eigenvalue weighted by Gasteiger charge is 2.47. The van der Waals surface area contributed by atoms with Crippen molar-refractivity contribution in [2.45, 2.75) is 24.4 Å². The van der Waals surface area contributed by atoms with Crippen LogP contribution in [0.15, 0.2) is 12.1 Å². The zero-order valence-electron chi connectivity index (χ0n) is 11.4. The summed E-state index contributed by atoms with van der Waals surface area (Å²) < 4.78 is 9.71. The van der Waals surface area contributed by atoms with Gasteiger partial charge < -0.3 is 29.9 Å². The Labute approximate surface area is 124 Å². The molecule has 2 atom stereocenters. The number of epoxide rings is 2. The Kier molecular flexibility index (Phi) is 3.22. The number of rotatable bonds is 6. The zero-order chi connectivity index (χ0) is 16.1. The van der Waals surface area contributed by atoms with E-state index in [2.05, 4.69) is 0 Å². The maximum Gasteiger partial charge on any atom is 0.335 e. The molecule has 2 heterocycles. The Morgan fingerprint density at radius 1 is 0.909 bits per heavy atom. The van der Waals surface area contributed by atoms with Crippen molar-refractivity contribution in [3.05, 3.63) is 34.4 Å². The summed E-state index contributed by atoms with van der Waals surface area (Å²) in [5.74, 6) is -5.46. The van der Waals surface area contributed by atoms with Crippen LogP contribution in [0, 0.1) is 0 Å². The first-order chi connectivity index (χ1) is 10.2. The number of aromatic carboxylic acids is 2. The van der Waals surface area contributed by atoms with Crippen LogP contribution in [0.1, 0.15) is 31.8 Å². The Balaban J connectivity index is 2.12. The van der Waals surface area contributed by atoms with Gasteiger partial charge in [-0.15, -0.1) is 0 Å². The van der Waals surface area contributed by atoms with Gasteiger partial charge in [0.05, 0.1) is 11.1 Å². The topological polar surface area (TPSA) is 140 Å². The molecule has 0 spiro atoms. The Bertz CT molecular complexity index is 600. The molecule has 4 N–H and O–H groups in total. The molecule has 1 aromatic rings. The molecule has 1 aromatic carbocycles. The minimum absolute atomic E-state index is 0.0452. The third-order valence-corrected chi connectivity index (χ3v) is 3.75. The van der Waals surface area contributed by atoms with Gasteiger partial charge in [0, 0.05) is 12.8 Å². The molecule has 0 bridgehead atoms. The summed E-state index contributed by atoms with van der Waals surface area (Å²) in [4.78, 5) is 22.8. The smallest absolute Gasteiger partial charge is 0.335 e. The van der Waals surface area contributed by atoms with Crippen molar-refractivity contribution in [3.8, 4) is 0 Å². The summed E-state index contributed by atoms with van der Waals surface area (Å²) in [5, 5.41) is 38.4. The molecular weight excluding hydrogens is 296 g/mol. The van der Waals surface area contributed by atoms with Crippen LogP contribution in [-0.4, -0.2) is 57.2 Å². The molecule has 0 saturated carbocycles. The fourth-order valence-corrected chi connectivity index (χ4v) is 2.42. The van der Waals surface area contributed by atoms with Gasteiger partial charge in [-0.2, -0.15) is 0 Å². The van der Waals surface area contributed by atoms with Crippen molar-refractivity contribution in [1.82, 2.24) is 0 Å². The number of benzene rings is 1. The molecule has 2 fully saturated rings. The van der Waals surface area contributed by atoms with E-state index in [1.54, 1.807) is 0 Å². The normalized spacial score (nSPS) is 29.2. The summed E-state index contributed by atoms with van der Waals surface area (Å²) in [5.41, 5.74) is 0.00833. The summed E-state index contributed by atoms with van der Waals surface area (Å²) in [6.45, 7) is 0.0904. The summed E-state index contributed by atoms with van der Waals surface area (Å²) in [6, 6.07) is 2.35. The second-order valence-corrected chi connectivity index (χ2v) is 5.55. The van der Waals surface area contributed by atoms with E-state index in [1.807, 2.05) is 0 Å². The molecule has 118 valence electrons. The predicted octanol–water partition coefficient (Wildman–Crippen LogP) is -0.394. The van der Waals surface area contributed by atoms with E-state index in [4.69, 9.17) is 9.47 Å². The molecule has 2 unspecified atom stereocenters. The SMILES string of the molecule is O=C(O)c1ccc(C(=O)O)c(CC2(O)CO2)c1CC1(O)CO1. The number of carboxylic acid groups (broad SMARTS) is 2. The van der Waals surface area contributed by atoms with Crippen LogP contribution in [0.3, 0.4) is 0 Å². The zero-order valence-corrected chi connectivity index (χ0v) is 11.4. The minimum atomic E-state index is -1.48.